The Morgan fingerprint density at radius 1 is 1.37 bits per heavy atom. The van der Waals surface area contributed by atoms with Crippen LogP contribution in [0.2, 0.25) is 0 Å². The summed E-state index contributed by atoms with van der Waals surface area (Å²) >= 11 is 0. The first-order chi connectivity index (χ1) is 8.73. The predicted octanol–water partition coefficient (Wildman–Crippen LogP) is 0.134. The highest BCUT2D eigenvalue weighted by atomic mass is 32.2. The second-order valence-corrected chi connectivity index (χ2v) is 8.06. The first-order valence-electron chi connectivity index (χ1n) is 6.46. The number of aliphatic carboxylic acids is 1. The summed E-state index contributed by atoms with van der Waals surface area (Å²) in [5.41, 5.74) is -0.911. The zero-order valence-electron chi connectivity index (χ0n) is 11.0. The zero-order valence-corrected chi connectivity index (χ0v) is 11.8. The fraction of sp³-hybridized carbons (Fsp3) is 0.833. The molecular formula is C12H19NO5S. The maximum Gasteiger partial charge on any atom is 0.311 e. The van der Waals surface area contributed by atoms with E-state index in [9.17, 15) is 23.1 Å². The fourth-order valence-corrected chi connectivity index (χ4v) is 4.58. The molecule has 0 radical (unpaired) electrons. The van der Waals surface area contributed by atoms with Crippen LogP contribution in [0.3, 0.4) is 0 Å². The molecule has 0 bridgehead atoms. The van der Waals surface area contributed by atoms with Crippen molar-refractivity contribution in [1.29, 1.82) is 0 Å². The molecule has 2 saturated heterocycles. The van der Waals surface area contributed by atoms with Gasteiger partial charge in [0.1, 0.15) is 0 Å². The lowest BCUT2D eigenvalue weighted by molar-refractivity contribution is -0.154. The summed E-state index contributed by atoms with van der Waals surface area (Å²) in [6.07, 6.45) is 1.56. The predicted molar refractivity (Wildman–Crippen MR) is 68.3 cm³/mol. The van der Waals surface area contributed by atoms with Crippen molar-refractivity contribution < 1.29 is 23.1 Å². The molecule has 1 N–H and O–H groups in total. The fourth-order valence-electron chi connectivity index (χ4n) is 2.85. The van der Waals surface area contributed by atoms with Crippen LogP contribution in [0.4, 0.5) is 0 Å². The summed E-state index contributed by atoms with van der Waals surface area (Å²) in [6, 6.07) is 0. The minimum absolute atomic E-state index is 0.0629. The van der Waals surface area contributed by atoms with E-state index in [1.807, 2.05) is 0 Å². The molecule has 0 aromatic rings. The average Bonchev–Trinajstić information content (AvgIpc) is 2.68. The van der Waals surface area contributed by atoms with Crippen molar-refractivity contribution in [1.82, 2.24) is 4.90 Å². The van der Waals surface area contributed by atoms with Crippen LogP contribution in [-0.2, 0) is 19.4 Å². The highest BCUT2D eigenvalue weighted by molar-refractivity contribution is 7.91. The van der Waals surface area contributed by atoms with Gasteiger partial charge in [0, 0.05) is 13.1 Å². The molecule has 2 rings (SSSR count). The van der Waals surface area contributed by atoms with Crippen LogP contribution < -0.4 is 0 Å². The number of rotatable bonds is 2. The quantitative estimate of drug-likeness (QED) is 0.780. The Hall–Kier alpha value is -1.11. The van der Waals surface area contributed by atoms with Crippen LogP contribution in [0.5, 0.6) is 0 Å². The number of likely N-dealkylation sites (tertiary alicyclic amines) is 1. The molecule has 0 aromatic carbocycles. The van der Waals surface area contributed by atoms with Crippen molar-refractivity contribution in [2.75, 3.05) is 24.6 Å². The summed E-state index contributed by atoms with van der Waals surface area (Å²) in [5, 5.41) is 9.21. The molecule has 2 atom stereocenters. The van der Waals surface area contributed by atoms with Gasteiger partial charge in [0.15, 0.2) is 9.84 Å². The maximum absolute atomic E-state index is 12.3. The number of sulfone groups is 1. The summed E-state index contributed by atoms with van der Waals surface area (Å²) in [7, 11) is -3.09. The van der Waals surface area contributed by atoms with Gasteiger partial charge >= 0.3 is 5.97 Å². The Kier molecular flexibility index (Phi) is 3.59. The molecule has 1 amide bonds. The van der Waals surface area contributed by atoms with Crippen molar-refractivity contribution in [2.24, 2.45) is 11.3 Å². The number of carboxylic acid groups (broad SMARTS) is 1. The molecule has 6 nitrogen and oxygen atoms in total. The van der Waals surface area contributed by atoms with Gasteiger partial charge in [0.2, 0.25) is 5.91 Å². The highest BCUT2D eigenvalue weighted by Crippen LogP contribution is 2.31. The van der Waals surface area contributed by atoms with Crippen LogP contribution in [0.1, 0.15) is 26.2 Å². The van der Waals surface area contributed by atoms with Crippen molar-refractivity contribution >= 4 is 21.7 Å². The van der Waals surface area contributed by atoms with E-state index < -0.39 is 27.1 Å². The van der Waals surface area contributed by atoms with E-state index in [1.54, 1.807) is 6.92 Å². The molecule has 0 aliphatic carbocycles. The van der Waals surface area contributed by atoms with Gasteiger partial charge in [-0.25, -0.2) is 8.42 Å². The summed E-state index contributed by atoms with van der Waals surface area (Å²) in [6.45, 7) is 2.34. The minimum atomic E-state index is -3.09. The van der Waals surface area contributed by atoms with E-state index in [-0.39, 0.29) is 24.0 Å². The number of nitrogens with zero attached hydrogens (tertiary/aromatic N) is 1. The molecule has 2 aliphatic heterocycles. The standard InChI is InChI=1S/C12H19NO5S/c1-12(11(15)16)4-2-5-13(8-12)10(14)9-3-6-19(17,18)7-9/h9H,2-8H2,1H3,(H,15,16). The lowest BCUT2D eigenvalue weighted by Gasteiger charge is -2.38. The van der Waals surface area contributed by atoms with Gasteiger partial charge in [-0.2, -0.15) is 0 Å². The topological polar surface area (TPSA) is 91.8 Å². The van der Waals surface area contributed by atoms with E-state index in [0.717, 1.165) is 0 Å². The number of hydrogen-bond donors (Lipinski definition) is 1. The Morgan fingerprint density at radius 3 is 2.58 bits per heavy atom. The molecule has 0 spiro atoms. The van der Waals surface area contributed by atoms with Crippen LogP contribution in [-0.4, -0.2) is 54.9 Å². The monoisotopic (exact) mass is 289 g/mol. The molecule has 2 fully saturated rings. The third kappa shape index (κ3) is 2.91. The van der Waals surface area contributed by atoms with Crippen molar-refractivity contribution in [3.63, 3.8) is 0 Å². The Balaban J connectivity index is 2.06. The van der Waals surface area contributed by atoms with Crippen LogP contribution in [0.25, 0.3) is 0 Å². The van der Waals surface area contributed by atoms with E-state index >= 15 is 0 Å². The number of piperidine rings is 1. The molecule has 0 saturated carbocycles. The van der Waals surface area contributed by atoms with Crippen LogP contribution in [0, 0.1) is 11.3 Å². The normalized spacial score (nSPS) is 34.2. The van der Waals surface area contributed by atoms with E-state index in [4.69, 9.17) is 0 Å². The lowest BCUT2D eigenvalue weighted by Crippen LogP contribution is -2.50. The van der Waals surface area contributed by atoms with Gasteiger partial charge in [-0.1, -0.05) is 0 Å². The molecule has 2 aliphatic rings. The Bertz CT molecular complexity index is 500. The number of carbonyl (C=O) groups excluding carboxylic acids is 1. The number of hydrogen-bond acceptors (Lipinski definition) is 4. The van der Waals surface area contributed by atoms with Crippen molar-refractivity contribution in [2.45, 2.75) is 26.2 Å². The molecule has 7 heteroatoms. The average molecular weight is 289 g/mol. The lowest BCUT2D eigenvalue weighted by atomic mass is 9.81. The number of amides is 1. The van der Waals surface area contributed by atoms with E-state index in [0.29, 0.717) is 25.8 Å². The van der Waals surface area contributed by atoms with Gasteiger partial charge in [-0.15, -0.1) is 0 Å². The first-order valence-corrected chi connectivity index (χ1v) is 8.28. The second kappa shape index (κ2) is 4.77. The summed E-state index contributed by atoms with van der Waals surface area (Å²) in [4.78, 5) is 25.0. The van der Waals surface area contributed by atoms with Crippen LogP contribution >= 0.6 is 0 Å². The first kappa shape index (κ1) is 14.3. The minimum Gasteiger partial charge on any atom is -0.481 e. The molecule has 108 valence electrons. The van der Waals surface area contributed by atoms with Gasteiger partial charge in [-0.05, 0) is 26.2 Å². The molecule has 2 unspecified atom stereocenters. The third-order valence-electron chi connectivity index (χ3n) is 4.11. The Morgan fingerprint density at radius 2 is 2.05 bits per heavy atom. The van der Waals surface area contributed by atoms with Crippen molar-refractivity contribution in [3.05, 3.63) is 0 Å². The smallest absolute Gasteiger partial charge is 0.311 e. The number of carboxylic acids is 1. The Labute approximate surface area is 112 Å². The molecule has 19 heavy (non-hydrogen) atoms. The zero-order chi connectivity index (χ0) is 14.3. The van der Waals surface area contributed by atoms with E-state index in [1.165, 1.54) is 4.90 Å². The van der Waals surface area contributed by atoms with E-state index in [2.05, 4.69) is 0 Å². The summed E-state index contributed by atoms with van der Waals surface area (Å²) < 4.78 is 22.8. The SMILES string of the molecule is CC1(C(=O)O)CCCN(C(=O)C2CCS(=O)(=O)C2)C1. The third-order valence-corrected chi connectivity index (χ3v) is 5.87. The second-order valence-electron chi connectivity index (χ2n) is 5.83. The molecule has 2 heterocycles. The molecule has 0 aromatic heterocycles. The number of carbonyl (C=O) groups is 2. The van der Waals surface area contributed by atoms with Gasteiger partial charge < -0.3 is 10.0 Å². The van der Waals surface area contributed by atoms with Gasteiger partial charge in [0.25, 0.3) is 0 Å². The van der Waals surface area contributed by atoms with Crippen LogP contribution in [0.15, 0.2) is 0 Å². The van der Waals surface area contributed by atoms with Crippen molar-refractivity contribution in [3.8, 4) is 0 Å². The highest BCUT2D eigenvalue weighted by Gasteiger charge is 2.42. The molecular weight excluding hydrogens is 270 g/mol. The summed E-state index contributed by atoms with van der Waals surface area (Å²) in [5.74, 6) is -1.61. The van der Waals surface area contributed by atoms with Gasteiger partial charge in [0.05, 0.1) is 22.8 Å². The largest absolute Gasteiger partial charge is 0.481 e. The van der Waals surface area contributed by atoms with Gasteiger partial charge in [-0.3, -0.25) is 9.59 Å². The maximum atomic E-state index is 12.3.